The van der Waals surface area contributed by atoms with Crippen molar-refractivity contribution in [3.8, 4) is 0 Å². The van der Waals surface area contributed by atoms with Crippen LogP contribution in [0.1, 0.15) is 59.3 Å². The van der Waals surface area contributed by atoms with Gasteiger partial charge in [-0.1, -0.05) is 13.8 Å². The van der Waals surface area contributed by atoms with Gasteiger partial charge in [0.15, 0.2) is 12.8 Å². The van der Waals surface area contributed by atoms with Gasteiger partial charge >= 0.3 is 0 Å². The Labute approximate surface area is 262 Å². The van der Waals surface area contributed by atoms with E-state index in [0.717, 1.165) is 0 Å². The summed E-state index contributed by atoms with van der Waals surface area (Å²) >= 11 is 5.21. The lowest BCUT2D eigenvalue weighted by molar-refractivity contribution is -0.272. The molecule has 2 rings (SSSR count). The lowest BCUT2D eigenvalue weighted by Crippen LogP contribution is -2.64. The molecule has 15 nitrogen and oxygen atoms in total. The third kappa shape index (κ3) is 12.3. The maximum absolute atomic E-state index is 12.9. The van der Waals surface area contributed by atoms with Crippen LogP contribution < -0.4 is 16.0 Å². The average molecular weight is 670 g/mol. The molecule has 7 unspecified atom stereocenters. The molecule has 1 aliphatic heterocycles. The Hall–Kier alpha value is -1.59. The van der Waals surface area contributed by atoms with Gasteiger partial charge in [0.1, 0.15) is 36.7 Å². The first kappa shape index (κ1) is 38.6. The number of rotatable bonds is 18. The fourth-order valence-electron chi connectivity index (χ4n) is 4.87. The van der Waals surface area contributed by atoms with Crippen LogP contribution in [0.15, 0.2) is 0 Å². The molecule has 0 aromatic carbocycles. The van der Waals surface area contributed by atoms with Crippen molar-refractivity contribution in [2.75, 3.05) is 33.0 Å². The van der Waals surface area contributed by atoms with E-state index in [-0.39, 0.29) is 62.8 Å². The molecule has 0 aromatic rings. The van der Waals surface area contributed by atoms with Gasteiger partial charge in [0, 0.05) is 31.5 Å². The fourth-order valence-corrected chi connectivity index (χ4v) is 6.11. The standard InChI is InChI=1S/C27H48N3O12PS/c1-16(2)43(38,44)42-19-8-6-18(7-9-19)25(36)30-20(5-4-11-31)26(37)28-10-12-39-13-14-40-27-22(29-17(3)33)24(35)23(34)21(15-32)41-27/h11,16,18-24,27,32,34-35H,4-10,12-15H2,1-3H3,(H,28,37)(H,29,33)(H,30,36)(H,38,44). The van der Waals surface area contributed by atoms with Gasteiger partial charge in [0.25, 0.3) is 0 Å². The molecule has 1 heterocycles. The Balaban J connectivity index is 1.74. The van der Waals surface area contributed by atoms with Crippen molar-refractivity contribution in [3.05, 3.63) is 0 Å². The quantitative estimate of drug-likeness (QED) is 0.0520. The van der Waals surface area contributed by atoms with Crippen LogP contribution in [0.2, 0.25) is 0 Å². The summed E-state index contributed by atoms with van der Waals surface area (Å²) in [7, 11) is 0. The number of aliphatic hydroxyl groups is 3. The molecule has 44 heavy (non-hydrogen) atoms. The number of ether oxygens (including phenoxy) is 3. The van der Waals surface area contributed by atoms with Gasteiger partial charge in [0.2, 0.25) is 17.7 Å². The van der Waals surface area contributed by atoms with Crippen LogP contribution in [-0.2, 0) is 49.7 Å². The number of aldehydes is 1. The first-order valence-corrected chi connectivity index (χ1v) is 17.7. The summed E-state index contributed by atoms with van der Waals surface area (Å²) in [5.74, 6) is -1.53. The molecule has 2 fully saturated rings. The van der Waals surface area contributed by atoms with Crippen molar-refractivity contribution in [2.24, 2.45) is 5.92 Å². The van der Waals surface area contributed by atoms with E-state index < -0.39 is 61.6 Å². The molecule has 1 saturated heterocycles. The van der Waals surface area contributed by atoms with Crippen LogP contribution >= 0.6 is 6.49 Å². The first-order chi connectivity index (χ1) is 20.8. The molecule has 1 saturated carbocycles. The van der Waals surface area contributed by atoms with Gasteiger partial charge in [0.05, 0.1) is 32.5 Å². The molecule has 7 atom stereocenters. The Kier molecular flexibility index (Phi) is 16.8. The van der Waals surface area contributed by atoms with Crippen LogP contribution in [0.5, 0.6) is 0 Å². The minimum atomic E-state index is -2.88. The van der Waals surface area contributed by atoms with Crippen molar-refractivity contribution in [1.29, 1.82) is 0 Å². The monoisotopic (exact) mass is 669 g/mol. The van der Waals surface area contributed by atoms with Gasteiger partial charge in [-0.3, -0.25) is 14.4 Å². The molecular formula is C27H48N3O12PS. The van der Waals surface area contributed by atoms with Crippen LogP contribution in [0, 0.1) is 5.92 Å². The highest BCUT2D eigenvalue weighted by atomic mass is 32.5. The topological polar surface area (TPSA) is 222 Å². The molecule has 0 aromatic heterocycles. The smallest absolute Gasteiger partial charge is 0.242 e. The lowest BCUT2D eigenvalue weighted by atomic mass is 9.86. The normalized spacial score (nSPS) is 29.3. The number of aliphatic hydroxyl groups excluding tert-OH is 3. The van der Waals surface area contributed by atoms with Gasteiger partial charge in [-0.25, -0.2) is 0 Å². The van der Waals surface area contributed by atoms with Gasteiger partial charge < -0.3 is 59.7 Å². The Morgan fingerprint density at radius 1 is 1.09 bits per heavy atom. The number of carbonyl (C=O) groups is 4. The van der Waals surface area contributed by atoms with Crippen LogP contribution in [0.3, 0.4) is 0 Å². The molecule has 2 aliphatic rings. The van der Waals surface area contributed by atoms with Crippen molar-refractivity contribution >= 4 is 42.3 Å². The highest BCUT2D eigenvalue weighted by Crippen LogP contribution is 2.50. The van der Waals surface area contributed by atoms with Crippen molar-refractivity contribution in [2.45, 2.75) is 108 Å². The molecule has 0 radical (unpaired) electrons. The third-order valence-corrected chi connectivity index (χ3v) is 10.9. The minimum absolute atomic E-state index is 0.0219. The van der Waals surface area contributed by atoms with E-state index in [0.29, 0.717) is 32.0 Å². The highest BCUT2D eigenvalue weighted by molar-refractivity contribution is 8.09. The van der Waals surface area contributed by atoms with E-state index in [1.54, 1.807) is 0 Å². The van der Waals surface area contributed by atoms with E-state index in [1.807, 2.05) is 13.8 Å². The summed E-state index contributed by atoms with van der Waals surface area (Å²) in [6.45, 7) is 1.68. The molecule has 0 bridgehead atoms. The van der Waals surface area contributed by atoms with Crippen LogP contribution in [0.4, 0.5) is 0 Å². The number of nitrogens with one attached hydrogen (secondary N) is 3. The summed E-state index contributed by atoms with van der Waals surface area (Å²) in [4.78, 5) is 58.5. The second-order valence-electron chi connectivity index (χ2n) is 11.2. The van der Waals surface area contributed by atoms with E-state index >= 15 is 0 Å². The number of carbonyl (C=O) groups excluding carboxylic acids is 4. The highest BCUT2D eigenvalue weighted by Gasteiger charge is 2.45. The first-order valence-electron chi connectivity index (χ1n) is 14.9. The summed E-state index contributed by atoms with van der Waals surface area (Å²) in [6.07, 6.45) is -2.18. The maximum Gasteiger partial charge on any atom is 0.242 e. The van der Waals surface area contributed by atoms with Crippen molar-refractivity contribution in [1.82, 2.24) is 16.0 Å². The maximum atomic E-state index is 12.9. The molecule has 254 valence electrons. The summed E-state index contributed by atoms with van der Waals surface area (Å²) < 4.78 is 22.3. The zero-order valence-corrected chi connectivity index (χ0v) is 27.2. The number of hydrogen-bond donors (Lipinski definition) is 7. The van der Waals surface area contributed by atoms with Gasteiger partial charge in [-0.05, 0) is 43.9 Å². The molecule has 0 spiro atoms. The molecular weight excluding hydrogens is 621 g/mol. The number of hydrogen-bond acceptors (Lipinski definition) is 12. The predicted octanol–water partition coefficient (Wildman–Crippen LogP) is -1.17. The van der Waals surface area contributed by atoms with Gasteiger partial charge in [-0.15, -0.1) is 0 Å². The molecule has 7 N–H and O–H groups in total. The summed E-state index contributed by atoms with van der Waals surface area (Å²) in [5.41, 5.74) is -0.152. The van der Waals surface area contributed by atoms with E-state index in [9.17, 15) is 39.4 Å². The Bertz CT molecular complexity index is 984. The van der Waals surface area contributed by atoms with Crippen molar-refractivity contribution < 1.29 is 58.1 Å². The SMILES string of the molecule is CC(=O)NC1C(OCCOCCNC(=O)C(CCC=O)NC(=O)C2CCC(OP(O)(=S)C(C)C)CC2)OC(CO)C(O)C1O. The minimum Gasteiger partial charge on any atom is -0.394 e. The Morgan fingerprint density at radius 2 is 1.77 bits per heavy atom. The van der Waals surface area contributed by atoms with E-state index in [4.69, 9.17) is 30.5 Å². The second-order valence-corrected chi connectivity index (χ2v) is 15.2. The van der Waals surface area contributed by atoms with Gasteiger partial charge in [-0.2, -0.15) is 0 Å². The zero-order chi connectivity index (χ0) is 32.9. The number of amides is 3. The predicted molar refractivity (Wildman–Crippen MR) is 161 cm³/mol. The van der Waals surface area contributed by atoms with Crippen molar-refractivity contribution in [3.63, 3.8) is 0 Å². The Morgan fingerprint density at radius 3 is 2.36 bits per heavy atom. The summed E-state index contributed by atoms with van der Waals surface area (Å²) in [6, 6.07) is -1.96. The van der Waals surface area contributed by atoms with Crippen LogP contribution in [0.25, 0.3) is 0 Å². The zero-order valence-electron chi connectivity index (χ0n) is 25.5. The summed E-state index contributed by atoms with van der Waals surface area (Å²) in [5, 5.41) is 37.7. The van der Waals surface area contributed by atoms with Crippen LogP contribution in [-0.4, -0.2) is 126 Å². The molecule has 17 heteroatoms. The molecule has 3 amide bonds. The van der Waals surface area contributed by atoms with E-state index in [2.05, 4.69) is 16.0 Å². The third-order valence-electron chi connectivity index (χ3n) is 7.51. The fraction of sp³-hybridized carbons (Fsp3) is 0.852. The average Bonchev–Trinajstić information content (AvgIpc) is 2.97. The lowest BCUT2D eigenvalue weighted by Gasteiger charge is -2.42. The van der Waals surface area contributed by atoms with E-state index in [1.165, 1.54) is 6.92 Å². The largest absolute Gasteiger partial charge is 0.394 e. The molecule has 1 aliphatic carbocycles. The second kappa shape index (κ2) is 19.2.